The number of hydrogen-bond acceptors (Lipinski definition) is 2. The first-order valence-electron chi connectivity index (χ1n) is 6.50. The smallest absolute Gasteiger partial charge is 0.0471 e. The number of benzene rings is 1. The van der Waals surface area contributed by atoms with E-state index in [1.54, 1.807) is 0 Å². The van der Waals surface area contributed by atoms with Crippen LogP contribution < -0.4 is 10.2 Å². The Kier molecular flexibility index (Phi) is 3.50. The van der Waals surface area contributed by atoms with Crippen molar-refractivity contribution in [1.29, 1.82) is 0 Å². The molecule has 0 amide bonds. The van der Waals surface area contributed by atoms with Crippen molar-refractivity contribution in [2.75, 3.05) is 18.0 Å². The zero-order valence-corrected chi connectivity index (χ0v) is 13.6. The minimum Gasteiger partial charge on any atom is -0.363 e. The number of piperazine rings is 1. The molecule has 2 rings (SSSR count). The van der Waals surface area contributed by atoms with Crippen LogP contribution in [0.3, 0.4) is 0 Å². The predicted molar refractivity (Wildman–Crippen MR) is 82.4 cm³/mol. The average Bonchev–Trinajstić information content (AvgIpc) is 2.26. The topological polar surface area (TPSA) is 15.3 Å². The third-order valence-electron chi connectivity index (χ3n) is 3.75. The number of hydrogen-bond donors (Lipinski definition) is 1. The molecule has 1 aliphatic rings. The summed E-state index contributed by atoms with van der Waals surface area (Å²) < 4.78 is 1.19. The van der Waals surface area contributed by atoms with Gasteiger partial charge < -0.3 is 10.2 Å². The van der Waals surface area contributed by atoms with Gasteiger partial charge in [0, 0.05) is 34.3 Å². The van der Waals surface area contributed by atoms with Crippen LogP contribution >= 0.6 is 15.9 Å². The van der Waals surface area contributed by atoms with Crippen molar-refractivity contribution in [2.24, 2.45) is 0 Å². The molecule has 0 aliphatic carbocycles. The molecular weight excluding hydrogens is 288 g/mol. The van der Waals surface area contributed by atoms with Crippen LogP contribution in [0.15, 0.2) is 22.7 Å². The number of anilines is 1. The van der Waals surface area contributed by atoms with Crippen molar-refractivity contribution in [1.82, 2.24) is 5.32 Å². The van der Waals surface area contributed by atoms with E-state index >= 15 is 0 Å². The van der Waals surface area contributed by atoms with Gasteiger partial charge in [-0.05, 0) is 52.3 Å². The molecule has 100 valence electrons. The van der Waals surface area contributed by atoms with Crippen LogP contribution in [-0.4, -0.2) is 24.2 Å². The normalized spacial score (nSPS) is 22.0. The van der Waals surface area contributed by atoms with Crippen LogP contribution in [0, 0.1) is 6.92 Å². The van der Waals surface area contributed by atoms with Crippen LogP contribution in [0.4, 0.5) is 5.69 Å². The second-order valence-corrected chi connectivity index (χ2v) is 7.42. The lowest BCUT2D eigenvalue weighted by atomic mass is 9.90. The minimum absolute atomic E-state index is 0.143. The van der Waals surface area contributed by atoms with Gasteiger partial charge in [-0.2, -0.15) is 0 Å². The zero-order chi connectivity index (χ0) is 13.6. The Morgan fingerprint density at radius 3 is 2.50 bits per heavy atom. The highest BCUT2D eigenvalue weighted by molar-refractivity contribution is 9.10. The van der Waals surface area contributed by atoms with Crippen LogP contribution in [0.1, 0.15) is 33.3 Å². The molecule has 0 atom stereocenters. The van der Waals surface area contributed by atoms with E-state index in [1.165, 1.54) is 15.7 Å². The van der Waals surface area contributed by atoms with Gasteiger partial charge in [0.25, 0.3) is 0 Å². The monoisotopic (exact) mass is 310 g/mol. The van der Waals surface area contributed by atoms with E-state index in [9.17, 15) is 0 Å². The molecule has 0 aromatic heterocycles. The van der Waals surface area contributed by atoms with E-state index in [0.717, 1.165) is 13.1 Å². The summed E-state index contributed by atoms with van der Waals surface area (Å²) in [5, 5.41) is 3.62. The van der Waals surface area contributed by atoms with Crippen molar-refractivity contribution in [2.45, 2.75) is 45.7 Å². The van der Waals surface area contributed by atoms with Gasteiger partial charge in [-0.25, -0.2) is 0 Å². The molecule has 0 spiro atoms. The maximum atomic E-state index is 3.64. The summed E-state index contributed by atoms with van der Waals surface area (Å²) in [5.41, 5.74) is 2.88. The number of nitrogens with one attached hydrogen (secondary N) is 1. The van der Waals surface area contributed by atoms with Gasteiger partial charge in [0.2, 0.25) is 0 Å². The summed E-state index contributed by atoms with van der Waals surface area (Å²) >= 11 is 3.64. The summed E-state index contributed by atoms with van der Waals surface area (Å²) in [5.74, 6) is 0. The molecule has 1 N–H and O–H groups in total. The fraction of sp³-hybridized carbons (Fsp3) is 0.600. The SMILES string of the molecule is Cc1ccc(N2CC(C)(C)NCC2(C)C)cc1Br. The van der Waals surface area contributed by atoms with E-state index in [2.05, 4.69) is 79.0 Å². The quantitative estimate of drug-likeness (QED) is 0.850. The van der Waals surface area contributed by atoms with E-state index in [4.69, 9.17) is 0 Å². The molecule has 18 heavy (non-hydrogen) atoms. The molecule has 0 bridgehead atoms. The standard InChI is InChI=1S/C15H23BrN2/c1-11-6-7-12(8-13(11)16)18-10-14(2,3)17-9-15(18,4)5/h6-8,17H,9-10H2,1-5H3. The van der Waals surface area contributed by atoms with E-state index in [-0.39, 0.29) is 11.1 Å². The van der Waals surface area contributed by atoms with Gasteiger partial charge in [-0.1, -0.05) is 22.0 Å². The molecule has 1 aromatic carbocycles. The fourth-order valence-electron chi connectivity index (χ4n) is 2.41. The van der Waals surface area contributed by atoms with Gasteiger partial charge in [0.05, 0.1) is 0 Å². The molecule has 3 heteroatoms. The summed E-state index contributed by atoms with van der Waals surface area (Å²) in [4.78, 5) is 2.51. The predicted octanol–water partition coefficient (Wildman–Crippen LogP) is 3.72. The lowest BCUT2D eigenvalue weighted by Crippen LogP contribution is -2.66. The van der Waals surface area contributed by atoms with Gasteiger partial charge in [0.1, 0.15) is 0 Å². The second kappa shape index (κ2) is 4.53. The Balaban J connectivity index is 2.36. The maximum Gasteiger partial charge on any atom is 0.0471 e. The molecule has 1 aliphatic heterocycles. The van der Waals surface area contributed by atoms with Crippen molar-refractivity contribution in [3.05, 3.63) is 28.2 Å². The molecule has 2 nitrogen and oxygen atoms in total. The Labute approximate surface area is 119 Å². The van der Waals surface area contributed by atoms with Crippen molar-refractivity contribution >= 4 is 21.6 Å². The molecule has 0 radical (unpaired) electrons. The highest BCUT2D eigenvalue weighted by Crippen LogP contribution is 2.32. The molecule has 1 saturated heterocycles. The molecule has 0 unspecified atom stereocenters. The van der Waals surface area contributed by atoms with E-state index in [0.29, 0.717) is 0 Å². The summed E-state index contributed by atoms with van der Waals surface area (Å²) in [6, 6.07) is 6.65. The van der Waals surface area contributed by atoms with E-state index in [1.807, 2.05) is 0 Å². The van der Waals surface area contributed by atoms with Crippen LogP contribution in [0.25, 0.3) is 0 Å². The molecule has 1 fully saturated rings. The Bertz CT molecular complexity index is 452. The first-order chi connectivity index (χ1) is 8.21. The summed E-state index contributed by atoms with van der Waals surface area (Å²) in [7, 11) is 0. The summed E-state index contributed by atoms with van der Waals surface area (Å²) in [6.07, 6.45) is 0. The Hall–Kier alpha value is -0.540. The van der Waals surface area contributed by atoms with E-state index < -0.39 is 0 Å². The van der Waals surface area contributed by atoms with Crippen molar-refractivity contribution in [3.8, 4) is 0 Å². The first kappa shape index (κ1) is 13.9. The van der Waals surface area contributed by atoms with Crippen molar-refractivity contribution < 1.29 is 0 Å². The van der Waals surface area contributed by atoms with Crippen LogP contribution in [-0.2, 0) is 0 Å². The zero-order valence-electron chi connectivity index (χ0n) is 12.0. The largest absolute Gasteiger partial charge is 0.363 e. The molecule has 1 heterocycles. The molecular formula is C15H23BrN2. The van der Waals surface area contributed by atoms with Crippen LogP contribution in [0.5, 0.6) is 0 Å². The third kappa shape index (κ3) is 2.72. The third-order valence-corrected chi connectivity index (χ3v) is 4.61. The lowest BCUT2D eigenvalue weighted by Gasteiger charge is -2.51. The highest BCUT2D eigenvalue weighted by atomic mass is 79.9. The molecule has 1 aromatic rings. The Morgan fingerprint density at radius 1 is 1.22 bits per heavy atom. The van der Waals surface area contributed by atoms with Gasteiger partial charge in [-0.3, -0.25) is 0 Å². The Morgan fingerprint density at radius 2 is 1.89 bits per heavy atom. The number of rotatable bonds is 1. The van der Waals surface area contributed by atoms with Gasteiger partial charge >= 0.3 is 0 Å². The van der Waals surface area contributed by atoms with Crippen LogP contribution in [0.2, 0.25) is 0 Å². The maximum absolute atomic E-state index is 3.64. The molecule has 0 saturated carbocycles. The van der Waals surface area contributed by atoms with Gasteiger partial charge in [-0.15, -0.1) is 0 Å². The fourth-order valence-corrected chi connectivity index (χ4v) is 2.77. The first-order valence-corrected chi connectivity index (χ1v) is 7.29. The number of nitrogens with zero attached hydrogens (tertiary/aromatic N) is 1. The number of aryl methyl sites for hydroxylation is 1. The summed E-state index contributed by atoms with van der Waals surface area (Å²) in [6.45, 7) is 13.3. The number of halogens is 1. The second-order valence-electron chi connectivity index (χ2n) is 6.57. The highest BCUT2D eigenvalue weighted by Gasteiger charge is 2.37. The average molecular weight is 311 g/mol. The van der Waals surface area contributed by atoms with Gasteiger partial charge in [0.15, 0.2) is 0 Å². The lowest BCUT2D eigenvalue weighted by molar-refractivity contribution is 0.261. The minimum atomic E-state index is 0.143. The van der Waals surface area contributed by atoms with Crippen molar-refractivity contribution in [3.63, 3.8) is 0 Å².